The zero-order valence-electron chi connectivity index (χ0n) is 8.69. The molecule has 2 N–H and O–H groups in total. The third-order valence-corrected chi connectivity index (χ3v) is 2.40. The van der Waals surface area contributed by atoms with Crippen molar-refractivity contribution in [2.45, 2.75) is 12.8 Å². The molecule has 0 aliphatic heterocycles. The van der Waals surface area contributed by atoms with Crippen LogP contribution in [0.3, 0.4) is 0 Å². The van der Waals surface area contributed by atoms with Crippen LogP contribution in [0.1, 0.15) is 12.3 Å². The van der Waals surface area contributed by atoms with Crippen molar-refractivity contribution < 1.29 is 4.42 Å². The Bertz CT molecular complexity index is 453. The molecule has 1 heterocycles. The van der Waals surface area contributed by atoms with Gasteiger partial charge in [0.25, 0.3) is 0 Å². The van der Waals surface area contributed by atoms with Crippen LogP contribution < -0.4 is 5.73 Å². The zero-order chi connectivity index (χ0) is 11.4. The molecule has 0 saturated carbocycles. The van der Waals surface area contributed by atoms with Crippen LogP contribution >= 0.6 is 11.6 Å². The highest BCUT2D eigenvalue weighted by Gasteiger charge is 2.07. The molecule has 1 aromatic heterocycles. The highest BCUT2D eigenvalue weighted by atomic mass is 35.5. The first kappa shape index (κ1) is 11.1. The first-order chi connectivity index (χ1) is 7.79. The number of rotatable bonds is 4. The summed E-state index contributed by atoms with van der Waals surface area (Å²) in [5.74, 6) is 1.14. The molecule has 2 rings (SSSR count). The normalized spacial score (nSPS) is 10.6. The molecule has 4 nitrogen and oxygen atoms in total. The van der Waals surface area contributed by atoms with E-state index in [4.69, 9.17) is 21.8 Å². The van der Waals surface area contributed by atoms with Crippen molar-refractivity contribution in [3.63, 3.8) is 0 Å². The van der Waals surface area contributed by atoms with Crippen LogP contribution in [-0.4, -0.2) is 16.7 Å². The fraction of sp³-hybridized carbons (Fsp3) is 0.273. The van der Waals surface area contributed by atoms with Gasteiger partial charge in [-0.2, -0.15) is 0 Å². The van der Waals surface area contributed by atoms with Gasteiger partial charge in [-0.3, -0.25) is 0 Å². The molecule has 0 saturated heterocycles. The first-order valence-electron chi connectivity index (χ1n) is 5.08. The third kappa shape index (κ3) is 2.59. The minimum atomic E-state index is 0.517. The van der Waals surface area contributed by atoms with Gasteiger partial charge in [-0.05, 0) is 37.2 Å². The van der Waals surface area contributed by atoms with Gasteiger partial charge in [0.15, 0.2) is 0 Å². The minimum absolute atomic E-state index is 0.517. The smallest absolute Gasteiger partial charge is 0.247 e. The number of nitrogens with zero attached hydrogens (tertiary/aromatic N) is 2. The van der Waals surface area contributed by atoms with E-state index in [2.05, 4.69) is 10.2 Å². The van der Waals surface area contributed by atoms with Gasteiger partial charge >= 0.3 is 0 Å². The van der Waals surface area contributed by atoms with Crippen molar-refractivity contribution in [1.82, 2.24) is 10.2 Å². The Kier molecular flexibility index (Phi) is 3.54. The molecule has 0 spiro atoms. The van der Waals surface area contributed by atoms with E-state index in [1.54, 1.807) is 12.1 Å². The van der Waals surface area contributed by atoms with Gasteiger partial charge in [-0.15, -0.1) is 10.2 Å². The second-order valence-corrected chi connectivity index (χ2v) is 3.84. The maximum atomic E-state index is 5.79. The highest BCUT2D eigenvalue weighted by Crippen LogP contribution is 2.20. The fourth-order valence-corrected chi connectivity index (χ4v) is 1.44. The van der Waals surface area contributed by atoms with Crippen molar-refractivity contribution in [3.05, 3.63) is 35.2 Å². The molecule has 0 aliphatic carbocycles. The summed E-state index contributed by atoms with van der Waals surface area (Å²) >= 11 is 5.79. The molecule has 2 aromatic rings. The molecule has 0 fully saturated rings. The Labute approximate surface area is 98.4 Å². The monoisotopic (exact) mass is 237 g/mol. The van der Waals surface area contributed by atoms with Gasteiger partial charge in [0, 0.05) is 17.0 Å². The molecule has 5 heteroatoms. The molecule has 1 aromatic carbocycles. The van der Waals surface area contributed by atoms with E-state index in [1.807, 2.05) is 12.1 Å². The average Bonchev–Trinajstić information content (AvgIpc) is 2.76. The lowest BCUT2D eigenvalue weighted by Crippen LogP contribution is -2.00. The van der Waals surface area contributed by atoms with E-state index < -0.39 is 0 Å². The molecule has 84 valence electrons. The number of aromatic nitrogens is 2. The SMILES string of the molecule is NCCCc1nnc(-c2ccc(Cl)cc2)o1. The van der Waals surface area contributed by atoms with Crippen LogP contribution in [0.15, 0.2) is 28.7 Å². The van der Waals surface area contributed by atoms with Crippen molar-refractivity contribution in [2.24, 2.45) is 5.73 Å². The van der Waals surface area contributed by atoms with Crippen molar-refractivity contribution >= 4 is 11.6 Å². The summed E-state index contributed by atoms with van der Waals surface area (Å²) in [6, 6.07) is 7.28. The molecule has 0 unspecified atom stereocenters. The maximum Gasteiger partial charge on any atom is 0.247 e. The van der Waals surface area contributed by atoms with Crippen molar-refractivity contribution in [3.8, 4) is 11.5 Å². The van der Waals surface area contributed by atoms with Crippen LogP contribution in [0.4, 0.5) is 0 Å². The Morgan fingerprint density at radius 2 is 1.94 bits per heavy atom. The van der Waals surface area contributed by atoms with E-state index in [-0.39, 0.29) is 0 Å². The van der Waals surface area contributed by atoms with Crippen LogP contribution in [0.5, 0.6) is 0 Å². The summed E-state index contributed by atoms with van der Waals surface area (Å²) in [6.07, 6.45) is 1.57. The fourth-order valence-electron chi connectivity index (χ4n) is 1.32. The lowest BCUT2D eigenvalue weighted by atomic mass is 10.2. The van der Waals surface area contributed by atoms with Crippen molar-refractivity contribution in [1.29, 1.82) is 0 Å². The van der Waals surface area contributed by atoms with Crippen molar-refractivity contribution in [2.75, 3.05) is 6.54 Å². The largest absolute Gasteiger partial charge is 0.421 e. The van der Waals surface area contributed by atoms with E-state index in [0.29, 0.717) is 23.3 Å². The number of hydrogen-bond acceptors (Lipinski definition) is 4. The van der Waals surface area contributed by atoms with E-state index in [1.165, 1.54) is 0 Å². The number of hydrogen-bond donors (Lipinski definition) is 1. The molecule has 0 atom stereocenters. The average molecular weight is 238 g/mol. The Balaban J connectivity index is 2.15. The summed E-state index contributed by atoms with van der Waals surface area (Å²) in [6.45, 7) is 0.624. The Hall–Kier alpha value is -1.39. The Morgan fingerprint density at radius 3 is 2.62 bits per heavy atom. The van der Waals surface area contributed by atoms with Gasteiger partial charge in [-0.25, -0.2) is 0 Å². The number of halogens is 1. The van der Waals surface area contributed by atoms with Gasteiger partial charge < -0.3 is 10.2 Å². The Morgan fingerprint density at radius 1 is 1.19 bits per heavy atom. The van der Waals surface area contributed by atoms with Crippen LogP contribution in [0.25, 0.3) is 11.5 Å². The second-order valence-electron chi connectivity index (χ2n) is 3.40. The topological polar surface area (TPSA) is 64.9 Å². The van der Waals surface area contributed by atoms with E-state index in [9.17, 15) is 0 Å². The number of aryl methyl sites for hydroxylation is 1. The van der Waals surface area contributed by atoms with Gasteiger partial charge in [0.05, 0.1) is 0 Å². The third-order valence-electron chi connectivity index (χ3n) is 2.15. The second kappa shape index (κ2) is 5.09. The number of nitrogens with two attached hydrogens (primary N) is 1. The molecular weight excluding hydrogens is 226 g/mol. The van der Waals surface area contributed by atoms with Gasteiger partial charge in [0.1, 0.15) is 0 Å². The molecule has 16 heavy (non-hydrogen) atoms. The van der Waals surface area contributed by atoms with Crippen LogP contribution in [-0.2, 0) is 6.42 Å². The van der Waals surface area contributed by atoms with Crippen LogP contribution in [0, 0.1) is 0 Å². The molecule has 0 bridgehead atoms. The zero-order valence-corrected chi connectivity index (χ0v) is 9.44. The number of benzene rings is 1. The molecule has 0 aliphatic rings. The van der Waals surface area contributed by atoms with E-state index in [0.717, 1.165) is 18.4 Å². The standard InChI is InChI=1S/C11H12ClN3O/c12-9-5-3-8(4-6-9)11-15-14-10(16-11)2-1-7-13/h3-6H,1-2,7,13H2. The summed E-state index contributed by atoms with van der Waals surface area (Å²) in [7, 11) is 0. The summed E-state index contributed by atoms with van der Waals surface area (Å²) in [5, 5.41) is 8.60. The van der Waals surface area contributed by atoms with E-state index >= 15 is 0 Å². The minimum Gasteiger partial charge on any atom is -0.421 e. The lowest BCUT2D eigenvalue weighted by Gasteiger charge is -1.94. The predicted octanol–water partition coefficient (Wildman–Crippen LogP) is 2.28. The highest BCUT2D eigenvalue weighted by molar-refractivity contribution is 6.30. The molecule has 0 radical (unpaired) electrons. The first-order valence-corrected chi connectivity index (χ1v) is 5.46. The quantitative estimate of drug-likeness (QED) is 0.886. The summed E-state index contributed by atoms with van der Waals surface area (Å²) < 4.78 is 5.49. The predicted molar refractivity (Wildman–Crippen MR) is 62.1 cm³/mol. The molecular formula is C11H12ClN3O. The van der Waals surface area contributed by atoms with Gasteiger partial charge in [0.2, 0.25) is 11.8 Å². The summed E-state index contributed by atoms with van der Waals surface area (Å²) in [4.78, 5) is 0. The summed E-state index contributed by atoms with van der Waals surface area (Å²) in [5.41, 5.74) is 6.28. The maximum absolute atomic E-state index is 5.79. The molecule has 0 amide bonds. The lowest BCUT2D eigenvalue weighted by molar-refractivity contribution is 0.499. The van der Waals surface area contributed by atoms with Gasteiger partial charge in [-0.1, -0.05) is 11.6 Å². The van der Waals surface area contributed by atoms with Crippen LogP contribution in [0.2, 0.25) is 5.02 Å².